The van der Waals surface area contributed by atoms with E-state index in [-0.39, 0.29) is 0 Å². The molecule has 0 saturated carbocycles. The van der Waals surface area contributed by atoms with E-state index < -0.39 is 0 Å². The fourth-order valence-electron chi connectivity index (χ4n) is 2.55. The van der Waals surface area contributed by atoms with E-state index in [4.69, 9.17) is 4.42 Å². The van der Waals surface area contributed by atoms with Crippen LogP contribution in [-0.4, -0.2) is 49.1 Å². The first kappa shape index (κ1) is 14.6. The Morgan fingerprint density at radius 1 is 1.16 bits per heavy atom. The van der Waals surface area contributed by atoms with Crippen molar-refractivity contribution in [2.75, 3.05) is 39.3 Å². The summed E-state index contributed by atoms with van der Waals surface area (Å²) in [6.07, 6.45) is 2.98. The molecule has 1 aliphatic heterocycles. The van der Waals surface area contributed by atoms with Crippen LogP contribution in [0.15, 0.2) is 16.7 Å². The molecule has 0 aromatic carbocycles. The molecule has 4 nitrogen and oxygen atoms in total. The van der Waals surface area contributed by atoms with Gasteiger partial charge in [0.15, 0.2) is 0 Å². The molecule has 1 N–H and O–H groups in total. The molecule has 0 radical (unpaired) electrons. The van der Waals surface area contributed by atoms with Gasteiger partial charge in [-0.25, -0.2) is 0 Å². The molecule has 1 fully saturated rings. The summed E-state index contributed by atoms with van der Waals surface area (Å²) in [7, 11) is 0. The van der Waals surface area contributed by atoms with Crippen LogP contribution in [0.5, 0.6) is 0 Å². The van der Waals surface area contributed by atoms with Gasteiger partial charge in [0, 0.05) is 38.3 Å². The Hall–Kier alpha value is -0.840. The van der Waals surface area contributed by atoms with Crippen molar-refractivity contribution < 1.29 is 4.42 Å². The van der Waals surface area contributed by atoms with Gasteiger partial charge in [-0.15, -0.1) is 0 Å². The van der Waals surface area contributed by atoms with Crippen molar-refractivity contribution in [3.8, 4) is 0 Å². The van der Waals surface area contributed by atoms with E-state index in [0.29, 0.717) is 0 Å². The fourth-order valence-corrected chi connectivity index (χ4v) is 2.55. The number of nitrogens with one attached hydrogen (secondary N) is 1. The molecule has 2 heterocycles. The Balaban J connectivity index is 1.81. The Bertz CT molecular complexity index is 356. The predicted molar refractivity (Wildman–Crippen MR) is 78.1 cm³/mol. The summed E-state index contributed by atoms with van der Waals surface area (Å²) in [4.78, 5) is 5.04. The van der Waals surface area contributed by atoms with Gasteiger partial charge in [-0.3, -0.25) is 4.90 Å². The summed E-state index contributed by atoms with van der Waals surface area (Å²) in [5.74, 6) is 1.10. The van der Waals surface area contributed by atoms with E-state index >= 15 is 0 Å². The molecule has 2 rings (SSSR count). The first-order valence-corrected chi connectivity index (χ1v) is 7.54. The highest BCUT2D eigenvalue weighted by molar-refractivity contribution is 5.17. The molecule has 1 aromatic rings. The number of hydrogen-bond donors (Lipinski definition) is 1. The van der Waals surface area contributed by atoms with Crippen LogP contribution in [0.2, 0.25) is 0 Å². The molecule has 0 atom stereocenters. The molecule has 1 aromatic heterocycles. The zero-order valence-electron chi connectivity index (χ0n) is 12.3. The highest BCUT2D eigenvalue weighted by atomic mass is 16.3. The second kappa shape index (κ2) is 7.68. The summed E-state index contributed by atoms with van der Waals surface area (Å²) in [6, 6.07) is 2.12. The first-order chi connectivity index (χ1) is 9.33. The molecule has 0 bridgehead atoms. The van der Waals surface area contributed by atoms with Gasteiger partial charge in [0.1, 0.15) is 5.76 Å². The summed E-state index contributed by atoms with van der Waals surface area (Å²) in [5.41, 5.74) is 1.34. The molecule has 1 aliphatic rings. The lowest BCUT2D eigenvalue weighted by atomic mass is 10.2. The highest BCUT2D eigenvalue weighted by Crippen LogP contribution is 2.14. The van der Waals surface area contributed by atoms with E-state index in [0.717, 1.165) is 31.8 Å². The van der Waals surface area contributed by atoms with Crippen LogP contribution in [0, 0.1) is 0 Å². The maximum absolute atomic E-state index is 5.60. The Morgan fingerprint density at radius 3 is 2.58 bits per heavy atom. The van der Waals surface area contributed by atoms with Crippen molar-refractivity contribution in [3.05, 3.63) is 23.7 Å². The van der Waals surface area contributed by atoms with E-state index in [1.807, 2.05) is 6.26 Å². The van der Waals surface area contributed by atoms with Gasteiger partial charge in [-0.1, -0.05) is 13.8 Å². The monoisotopic (exact) mass is 265 g/mol. The number of hydrogen-bond acceptors (Lipinski definition) is 4. The van der Waals surface area contributed by atoms with E-state index in [1.165, 1.54) is 38.3 Å². The molecule has 108 valence electrons. The van der Waals surface area contributed by atoms with Gasteiger partial charge in [-0.2, -0.15) is 0 Å². The smallest absolute Gasteiger partial charge is 0.122 e. The highest BCUT2D eigenvalue weighted by Gasteiger charge is 2.17. The zero-order chi connectivity index (χ0) is 13.5. The van der Waals surface area contributed by atoms with Gasteiger partial charge in [-0.05, 0) is 25.6 Å². The molecule has 0 amide bonds. The number of rotatable bonds is 7. The van der Waals surface area contributed by atoms with Crippen molar-refractivity contribution in [2.45, 2.75) is 33.4 Å². The fraction of sp³-hybridized carbons (Fsp3) is 0.733. The first-order valence-electron chi connectivity index (χ1n) is 7.54. The third kappa shape index (κ3) is 4.34. The van der Waals surface area contributed by atoms with Gasteiger partial charge in [0.25, 0.3) is 0 Å². The maximum Gasteiger partial charge on any atom is 0.122 e. The van der Waals surface area contributed by atoms with Crippen molar-refractivity contribution in [1.82, 2.24) is 15.1 Å². The van der Waals surface area contributed by atoms with Crippen molar-refractivity contribution in [2.24, 2.45) is 0 Å². The number of furan rings is 1. The standard InChI is InChI=1S/C15H27N3O/c1-3-6-16-12-15-14(5-11-19-15)13-18-9-7-17(4-2)8-10-18/h5,11,16H,3-4,6-10,12-13H2,1-2H3. The zero-order valence-corrected chi connectivity index (χ0v) is 12.3. The lowest BCUT2D eigenvalue weighted by molar-refractivity contribution is 0.131. The molecule has 0 unspecified atom stereocenters. The van der Waals surface area contributed by atoms with E-state index in [9.17, 15) is 0 Å². The van der Waals surface area contributed by atoms with Gasteiger partial charge < -0.3 is 14.6 Å². The average Bonchev–Trinajstić information content (AvgIpc) is 2.87. The second-order valence-electron chi connectivity index (χ2n) is 5.26. The van der Waals surface area contributed by atoms with Crippen LogP contribution in [0.25, 0.3) is 0 Å². The topological polar surface area (TPSA) is 31.7 Å². The van der Waals surface area contributed by atoms with Crippen molar-refractivity contribution >= 4 is 0 Å². The summed E-state index contributed by atoms with van der Waals surface area (Å²) < 4.78 is 5.60. The molecule has 19 heavy (non-hydrogen) atoms. The summed E-state index contributed by atoms with van der Waals surface area (Å²) in [5, 5.41) is 3.41. The third-order valence-corrected chi connectivity index (χ3v) is 3.86. The van der Waals surface area contributed by atoms with Crippen LogP contribution >= 0.6 is 0 Å². The minimum Gasteiger partial charge on any atom is -0.468 e. The Kier molecular flexibility index (Phi) is 5.89. The molecule has 0 aliphatic carbocycles. The normalized spacial score (nSPS) is 18.0. The quantitative estimate of drug-likeness (QED) is 0.763. The summed E-state index contributed by atoms with van der Waals surface area (Å²) in [6.45, 7) is 13.2. The summed E-state index contributed by atoms with van der Waals surface area (Å²) >= 11 is 0. The predicted octanol–water partition coefficient (Wildman–Crippen LogP) is 1.92. The number of nitrogens with zero attached hydrogens (tertiary/aromatic N) is 2. The van der Waals surface area contributed by atoms with Crippen LogP contribution < -0.4 is 5.32 Å². The molecular formula is C15H27N3O. The average molecular weight is 265 g/mol. The number of likely N-dealkylation sites (N-methyl/N-ethyl adjacent to an activating group) is 1. The Labute approximate surface area is 116 Å². The molecular weight excluding hydrogens is 238 g/mol. The van der Waals surface area contributed by atoms with Gasteiger partial charge in [0.05, 0.1) is 12.8 Å². The van der Waals surface area contributed by atoms with Crippen LogP contribution in [0.4, 0.5) is 0 Å². The lowest BCUT2D eigenvalue weighted by Gasteiger charge is -2.33. The maximum atomic E-state index is 5.60. The minimum atomic E-state index is 0.852. The van der Waals surface area contributed by atoms with Crippen LogP contribution in [0.3, 0.4) is 0 Å². The Morgan fingerprint density at radius 2 is 1.89 bits per heavy atom. The number of piperazine rings is 1. The second-order valence-corrected chi connectivity index (χ2v) is 5.26. The van der Waals surface area contributed by atoms with Gasteiger partial charge >= 0.3 is 0 Å². The van der Waals surface area contributed by atoms with Crippen LogP contribution in [-0.2, 0) is 13.1 Å². The molecule has 4 heteroatoms. The minimum absolute atomic E-state index is 0.852. The molecule has 1 saturated heterocycles. The largest absolute Gasteiger partial charge is 0.468 e. The molecule has 0 spiro atoms. The lowest BCUT2D eigenvalue weighted by Crippen LogP contribution is -2.45. The van der Waals surface area contributed by atoms with Crippen molar-refractivity contribution in [3.63, 3.8) is 0 Å². The third-order valence-electron chi connectivity index (χ3n) is 3.86. The van der Waals surface area contributed by atoms with Crippen molar-refractivity contribution in [1.29, 1.82) is 0 Å². The SMILES string of the molecule is CCCNCc1occc1CN1CCN(CC)CC1. The van der Waals surface area contributed by atoms with Gasteiger partial charge in [0.2, 0.25) is 0 Å². The van der Waals surface area contributed by atoms with E-state index in [2.05, 4.69) is 35.0 Å². The van der Waals surface area contributed by atoms with E-state index in [1.54, 1.807) is 0 Å². The van der Waals surface area contributed by atoms with Crippen LogP contribution in [0.1, 0.15) is 31.6 Å².